The molecule has 0 amide bonds. The van der Waals surface area contributed by atoms with Crippen molar-refractivity contribution in [2.24, 2.45) is 5.73 Å². The summed E-state index contributed by atoms with van der Waals surface area (Å²) < 4.78 is 0. The van der Waals surface area contributed by atoms with E-state index in [2.05, 4.69) is 0 Å². The van der Waals surface area contributed by atoms with Crippen molar-refractivity contribution < 1.29 is 4.79 Å². The number of rotatable bonds is 6. The third-order valence-electron chi connectivity index (χ3n) is 5.48. The second-order valence-corrected chi connectivity index (χ2v) is 7.60. The molecule has 0 atom stereocenters. The van der Waals surface area contributed by atoms with E-state index in [9.17, 15) is 4.79 Å². The van der Waals surface area contributed by atoms with Gasteiger partial charge in [-0.2, -0.15) is 0 Å². The van der Waals surface area contributed by atoms with Gasteiger partial charge in [-0.3, -0.25) is 4.79 Å². The standard InChI is InChI=1S/C27H22ClNO/c28-25-14-8-7-13-24(25)27(22-9-3-1-4-10-22,23-11-5-2-6-12-23)26(30)21-17-15-20(19-29)16-18-21/h1-18H,19,29H2. The van der Waals surface area contributed by atoms with Crippen molar-refractivity contribution in [2.45, 2.75) is 12.0 Å². The van der Waals surface area contributed by atoms with Gasteiger partial charge in [-0.25, -0.2) is 0 Å². The van der Waals surface area contributed by atoms with Gasteiger partial charge < -0.3 is 5.73 Å². The minimum Gasteiger partial charge on any atom is -0.326 e. The molecular weight excluding hydrogens is 390 g/mol. The van der Waals surface area contributed by atoms with Gasteiger partial charge in [-0.05, 0) is 28.3 Å². The zero-order valence-electron chi connectivity index (χ0n) is 16.5. The Bertz CT molecular complexity index is 1100. The molecule has 0 heterocycles. The minimum absolute atomic E-state index is 0.0310. The summed E-state index contributed by atoms with van der Waals surface area (Å²) in [5.41, 5.74) is 8.77. The lowest BCUT2D eigenvalue weighted by atomic mass is 9.65. The van der Waals surface area contributed by atoms with Crippen LogP contribution in [0.5, 0.6) is 0 Å². The number of nitrogens with two attached hydrogens (primary N) is 1. The molecule has 148 valence electrons. The lowest BCUT2D eigenvalue weighted by Gasteiger charge is -2.35. The number of benzene rings is 4. The molecule has 0 aliphatic rings. The number of halogens is 1. The largest absolute Gasteiger partial charge is 0.326 e. The van der Waals surface area contributed by atoms with Crippen LogP contribution in [-0.2, 0) is 12.0 Å². The van der Waals surface area contributed by atoms with Crippen molar-refractivity contribution in [1.82, 2.24) is 0 Å². The molecule has 0 unspecified atom stereocenters. The number of ketones is 1. The Morgan fingerprint density at radius 2 is 1.20 bits per heavy atom. The van der Waals surface area contributed by atoms with Crippen LogP contribution in [0, 0.1) is 0 Å². The molecule has 0 bridgehead atoms. The summed E-state index contributed by atoms with van der Waals surface area (Å²) in [5.74, 6) is -0.0310. The Morgan fingerprint density at radius 3 is 1.70 bits per heavy atom. The molecule has 2 nitrogen and oxygen atoms in total. The first-order chi connectivity index (χ1) is 14.7. The summed E-state index contributed by atoms with van der Waals surface area (Å²) in [6, 6.07) is 34.8. The van der Waals surface area contributed by atoms with E-state index in [0.717, 1.165) is 22.3 Å². The molecule has 0 radical (unpaired) electrons. The zero-order chi connectivity index (χ0) is 21.0. The topological polar surface area (TPSA) is 43.1 Å². The van der Waals surface area contributed by atoms with E-state index in [0.29, 0.717) is 17.1 Å². The number of carbonyl (C=O) groups is 1. The second kappa shape index (κ2) is 8.66. The Kier molecular flexibility index (Phi) is 5.80. The van der Waals surface area contributed by atoms with Gasteiger partial charge in [0.1, 0.15) is 5.41 Å². The quantitative estimate of drug-likeness (QED) is 0.311. The van der Waals surface area contributed by atoms with E-state index in [4.69, 9.17) is 17.3 Å². The first-order valence-corrected chi connectivity index (χ1v) is 10.3. The van der Waals surface area contributed by atoms with E-state index in [1.165, 1.54) is 0 Å². The van der Waals surface area contributed by atoms with Crippen LogP contribution < -0.4 is 5.73 Å². The van der Waals surface area contributed by atoms with Crippen LogP contribution in [0.25, 0.3) is 0 Å². The van der Waals surface area contributed by atoms with E-state index >= 15 is 0 Å². The number of hydrogen-bond acceptors (Lipinski definition) is 2. The van der Waals surface area contributed by atoms with Gasteiger partial charge in [-0.1, -0.05) is 115 Å². The fraction of sp³-hybridized carbons (Fsp3) is 0.0741. The highest BCUT2D eigenvalue weighted by molar-refractivity contribution is 6.32. The highest BCUT2D eigenvalue weighted by Crippen LogP contribution is 2.44. The first kappa shape index (κ1) is 20.1. The number of carbonyl (C=O) groups excluding carboxylic acids is 1. The zero-order valence-corrected chi connectivity index (χ0v) is 17.2. The molecule has 0 spiro atoms. The lowest BCUT2D eigenvalue weighted by molar-refractivity contribution is 0.0935. The normalized spacial score (nSPS) is 11.3. The van der Waals surface area contributed by atoms with Crippen molar-refractivity contribution in [3.05, 3.63) is 142 Å². The Balaban J connectivity index is 2.07. The highest BCUT2D eigenvalue weighted by Gasteiger charge is 2.45. The lowest BCUT2D eigenvalue weighted by Crippen LogP contribution is -2.39. The number of hydrogen-bond donors (Lipinski definition) is 1. The average molecular weight is 412 g/mol. The van der Waals surface area contributed by atoms with Gasteiger partial charge in [0, 0.05) is 17.1 Å². The smallest absolute Gasteiger partial charge is 0.182 e. The van der Waals surface area contributed by atoms with Crippen LogP contribution >= 0.6 is 11.6 Å². The maximum atomic E-state index is 14.3. The third-order valence-corrected chi connectivity index (χ3v) is 5.81. The molecule has 0 aliphatic carbocycles. The summed E-state index contributed by atoms with van der Waals surface area (Å²) in [4.78, 5) is 14.3. The van der Waals surface area contributed by atoms with Gasteiger partial charge in [0.2, 0.25) is 0 Å². The molecule has 3 heteroatoms. The van der Waals surface area contributed by atoms with Crippen molar-refractivity contribution in [1.29, 1.82) is 0 Å². The predicted molar refractivity (Wildman–Crippen MR) is 123 cm³/mol. The second-order valence-electron chi connectivity index (χ2n) is 7.19. The van der Waals surface area contributed by atoms with Crippen LogP contribution in [0.3, 0.4) is 0 Å². The van der Waals surface area contributed by atoms with Gasteiger partial charge >= 0.3 is 0 Å². The molecule has 30 heavy (non-hydrogen) atoms. The first-order valence-electron chi connectivity index (χ1n) is 9.87. The van der Waals surface area contributed by atoms with Crippen LogP contribution in [0.2, 0.25) is 5.02 Å². The van der Waals surface area contributed by atoms with Gasteiger partial charge in [0.05, 0.1) is 0 Å². The molecule has 2 N–H and O–H groups in total. The molecule has 4 aromatic carbocycles. The average Bonchev–Trinajstić information content (AvgIpc) is 2.82. The molecule has 4 aromatic rings. The maximum Gasteiger partial charge on any atom is 0.182 e. The summed E-state index contributed by atoms with van der Waals surface area (Å²) >= 11 is 6.72. The van der Waals surface area contributed by atoms with Gasteiger partial charge in [0.15, 0.2) is 5.78 Å². The summed E-state index contributed by atoms with van der Waals surface area (Å²) in [7, 11) is 0. The monoisotopic (exact) mass is 411 g/mol. The van der Waals surface area contributed by atoms with Crippen LogP contribution in [0.4, 0.5) is 0 Å². The third kappa shape index (κ3) is 3.45. The molecule has 0 saturated carbocycles. The Hall–Kier alpha value is -3.20. The minimum atomic E-state index is -1.08. The van der Waals surface area contributed by atoms with Gasteiger partial charge in [0.25, 0.3) is 0 Å². The molecule has 0 aliphatic heterocycles. The van der Waals surface area contributed by atoms with E-state index in [1.54, 1.807) is 0 Å². The molecule has 0 aromatic heterocycles. The van der Waals surface area contributed by atoms with Crippen LogP contribution in [-0.4, -0.2) is 5.78 Å². The van der Waals surface area contributed by atoms with Crippen molar-refractivity contribution in [3.63, 3.8) is 0 Å². The maximum absolute atomic E-state index is 14.3. The SMILES string of the molecule is NCc1ccc(C(=O)C(c2ccccc2)(c2ccccc2)c2ccccc2Cl)cc1. The highest BCUT2D eigenvalue weighted by atomic mass is 35.5. The summed E-state index contributed by atoms with van der Waals surface area (Å²) in [5, 5.41) is 0.553. The molecule has 0 saturated heterocycles. The van der Waals surface area contributed by atoms with E-state index in [-0.39, 0.29) is 5.78 Å². The Morgan fingerprint density at radius 1 is 0.700 bits per heavy atom. The van der Waals surface area contributed by atoms with Crippen molar-refractivity contribution in [3.8, 4) is 0 Å². The van der Waals surface area contributed by atoms with Crippen molar-refractivity contribution in [2.75, 3.05) is 0 Å². The van der Waals surface area contributed by atoms with E-state index < -0.39 is 5.41 Å². The van der Waals surface area contributed by atoms with Gasteiger partial charge in [-0.15, -0.1) is 0 Å². The van der Waals surface area contributed by atoms with Crippen molar-refractivity contribution >= 4 is 17.4 Å². The summed E-state index contributed by atoms with van der Waals surface area (Å²) in [6.07, 6.45) is 0. The fourth-order valence-electron chi connectivity index (χ4n) is 4.01. The summed E-state index contributed by atoms with van der Waals surface area (Å²) in [6.45, 7) is 0.432. The Labute approximate surface area is 182 Å². The molecule has 0 fully saturated rings. The molecular formula is C27H22ClNO. The number of Topliss-reactive ketones (excluding diaryl/α,β-unsaturated/α-hetero) is 1. The van der Waals surface area contributed by atoms with Crippen LogP contribution in [0.1, 0.15) is 32.6 Å². The van der Waals surface area contributed by atoms with Crippen LogP contribution in [0.15, 0.2) is 109 Å². The fourth-order valence-corrected chi connectivity index (χ4v) is 4.29. The molecule has 4 rings (SSSR count). The van der Waals surface area contributed by atoms with E-state index in [1.807, 2.05) is 109 Å². The predicted octanol–water partition coefficient (Wildman–Crippen LogP) is 6.02.